The number of carbonyl (C=O) groups excluding carboxylic acids is 1. The molecule has 0 spiro atoms. The van der Waals surface area contributed by atoms with Gasteiger partial charge in [-0.2, -0.15) is 0 Å². The van der Waals surface area contributed by atoms with Gasteiger partial charge in [-0.25, -0.2) is 4.68 Å². The van der Waals surface area contributed by atoms with Gasteiger partial charge in [-0.3, -0.25) is 9.00 Å². The number of amides is 1. The molecule has 1 aromatic rings. The Morgan fingerprint density at radius 2 is 2.30 bits per heavy atom. The summed E-state index contributed by atoms with van der Waals surface area (Å²) in [4.78, 5) is 11.9. The third-order valence-corrected chi connectivity index (χ3v) is 4.67. The molecular formula is C12H21N5O2S. The first-order chi connectivity index (χ1) is 9.70. The van der Waals surface area contributed by atoms with Gasteiger partial charge in [0.15, 0.2) is 5.69 Å². The third kappa shape index (κ3) is 4.11. The molecule has 1 unspecified atom stereocenters. The maximum Gasteiger partial charge on any atom is 0.273 e. The highest BCUT2D eigenvalue weighted by atomic mass is 32.2. The molecular weight excluding hydrogens is 278 g/mol. The number of aromatic nitrogens is 3. The molecule has 1 aliphatic rings. The minimum Gasteiger partial charge on any atom is -0.350 e. The molecule has 1 fully saturated rings. The zero-order valence-corrected chi connectivity index (χ0v) is 12.5. The van der Waals surface area contributed by atoms with Crippen LogP contribution in [0, 0.1) is 0 Å². The van der Waals surface area contributed by atoms with Crippen molar-refractivity contribution in [2.75, 3.05) is 31.1 Å². The van der Waals surface area contributed by atoms with E-state index in [1.165, 1.54) is 0 Å². The van der Waals surface area contributed by atoms with Gasteiger partial charge in [0, 0.05) is 28.9 Å². The van der Waals surface area contributed by atoms with E-state index in [0.29, 0.717) is 29.8 Å². The lowest BCUT2D eigenvalue weighted by Crippen LogP contribution is -2.30. The number of rotatable bonds is 6. The lowest BCUT2D eigenvalue weighted by molar-refractivity contribution is 0.0951. The summed E-state index contributed by atoms with van der Waals surface area (Å²) in [5.74, 6) is 0.838. The second-order valence-corrected chi connectivity index (χ2v) is 6.62. The maximum atomic E-state index is 11.9. The number of nitrogens with one attached hydrogen (secondary N) is 2. The van der Waals surface area contributed by atoms with E-state index in [9.17, 15) is 9.00 Å². The highest BCUT2D eigenvalue weighted by molar-refractivity contribution is 7.84. The van der Waals surface area contributed by atoms with Crippen LogP contribution in [0.15, 0.2) is 6.20 Å². The van der Waals surface area contributed by atoms with Crippen LogP contribution in [0.2, 0.25) is 0 Å². The highest BCUT2D eigenvalue weighted by Gasteiger charge is 2.18. The van der Waals surface area contributed by atoms with Crippen molar-refractivity contribution in [3.05, 3.63) is 11.9 Å². The molecule has 7 nitrogen and oxygen atoms in total. The first kappa shape index (κ1) is 15.1. The molecule has 0 radical (unpaired) electrons. The van der Waals surface area contributed by atoms with Crippen LogP contribution in [-0.4, -0.2) is 56.2 Å². The van der Waals surface area contributed by atoms with Crippen molar-refractivity contribution < 1.29 is 9.00 Å². The SMILES string of the molecule is CCS(=O)CCNC(=O)c1cn(C2CCNCC2)nn1. The Bertz CT molecular complexity index is 470. The van der Waals surface area contributed by atoms with Crippen LogP contribution in [0.5, 0.6) is 0 Å². The largest absolute Gasteiger partial charge is 0.350 e. The van der Waals surface area contributed by atoms with Gasteiger partial charge >= 0.3 is 0 Å². The molecule has 1 saturated heterocycles. The van der Waals surface area contributed by atoms with Crippen molar-refractivity contribution in [3.8, 4) is 0 Å². The van der Waals surface area contributed by atoms with Crippen molar-refractivity contribution in [3.63, 3.8) is 0 Å². The number of piperidine rings is 1. The molecule has 0 aliphatic carbocycles. The summed E-state index contributed by atoms with van der Waals surface area (Å²) >= 11 is 0. The van der Waals surface area contributed by atoms with Crippen LogP contribution in [0.1, 0.15) is 36.3 Å². The molecule has 112 valence electrons. The van der Waals surface area contributed by atoms with Gasteiger partial charge in [-0.15, -0.1) is 5.10 Å². The highest BCUT2D eigenvalue weighted by Crippen LogP contribution is 2.16. The lowest BCUT2D eigenvalue weighted by Gasteiger charge is -2.22. The summed E-state index contributed by atoms with van der Waals surface area (Å²) < 4.78 is 13.0. The molecule has 1 amide bonds. The normalized spacial score (nSPS) is 17.9. The maximum absolute atomic E-state index is 11.9. The number of carbonyl (C=O) groups is 1. The predicted octanol–water partition coefficient (Wildman–Crippen LogP) is -0.299. The van der Waals surface area contributed by atoms with E-state index in [4.69, 9.17) is 0 Å². The zero-order chi connectivity index (χ0) is 14.4. The van der Waals surface area contributed by atoms with E-state index in [1.54, 1.807) is 10.9 Å². The average Bonchev–Trinajstić information content (AvgIpc) is 2.97. The van der Waals surface area contributed by atoms with E-state index < -0.39 is 10.8 Å². The Kier molecular flexibility index (Phi) is 5.66. The van der Waals surface area contributed by atoms with Crippen LogP contribution in [-0.2, 0) is 10.8 Å². The molecule has 20 heavy (non-hydrogen) atoms. The summed E-state index contributed by atoms with van der Waals surface area (Å²) in [7, 11) is -0.861. The fraction of sp³-hybridized carbons (Fsp3) is 0.750. The van der Waals surface area contributed by atoms with Crippen LogP contribution in [0.3, 0.4) is 0 Å². The van der Waals surface area contributed by atoms with Gasteiger partial charge in [0.25, 0.3) is 5.91 Å². The van der Waals surface area contributed by atoms with Crippen LogP contribution in [0.25, 0.3) is 0 Å². The zero-order valence-electron chi connectivity index (χ0n) is 11.7. The molecule has 2 heterocycles. The fourth-order valence-electron chi connectivity index (χ4n) is 2.14. The summed E-state index contributed by atoms with van der Waals surface area (Å²) in [6.07, 6.45) is 3.70. The summed E-state index contributed by atoms with van der Waals surface area (Å²) in [5, 5.41) is 14.0. The van der Waals surface area contributed by atoms with E-state index in [1.807, 2.05) is 6.92 Å². The van der Waals surface area contributed by atoms with Crippen molar-refractivity contribution in [2.45, 2.75) is 25.8 Å². The van der Waals surface area contributed by atoms with Gasteiger partial charge < -0.3 is 10.6 Å². The quantitative estimate of drug-likeness (QED) is 0.753. The van der Waals surface area contributed by atoms with Crippen molar-refractivity contribution in [1.29, 1.82) is 0 Å². The smallest absolute Gasteiger partial charge is 0.273 e. The van der Waals surface area contributed by atoms with Gasteiger partial charge in [0.1, 0.15) is 0 Å². The number of nitrogens with zero attached hydrogens (tertiary/aromatic N) is 3. The Labute approximate surface area is 121 Å². The van der Waals surface area contributed by atoms with Gasteiger partial charge in [-0.1, -0.05) is 12.1 Å². The van der Waals surface area contributed by atoms with E-state index in [0.717, 1.165) is 25.9 Å². The Morgan fingerprint density at radius 3 is 3.00 bits per heavy atom. The molecule has 2 rings (SSSR count). The van der Waals surface area contributed by atoms with E-state index in [-0.39, 0.29) is 5.91 Å². The molecule has 1 aliphatic heterocycles. The summed E-state index contributed by atoms with van der Waals surface area (Å²) in [6, 6.07) is 0.317. The Balaban J connectivity index is 1.84. The van der Waals surface area contributed by atoms with Gasteiger partial charge in [0.2, 0.25) is 0 Å². The fourth-order valence-corrected chi connectivity index (χ4v) is 2.76. The standard InChI is InChI=1S/C12H21N5O2S/c1-2-20(19)8-7-14-12(18)11-9-17(16-15-11)10-3-5-13-6-4-10/h9-10,13H,2-8H2,1H3,(H,14,18). The molecule has 1 atom stereocenters. The molecule has 0 aromatic carbocycles. The topological polar surface area (TPSA) is 88.9 Å². The second-order valence-electron chi connectivity index (χ2n) is 4.75. The average molecular weight is 299 g/mol. The first-order valence-electron chi connectivity index (χ1n) is 6.96. The van der Waals surface area contributed by atoms with Crippen molar-refractivity contribution >= 4 is 16.7 Å². The molecule has 1 aromatic heterocycles. The van der Waals surface area contributed by atoms with Crippen molar-refractivity contribution in [1.82, 2.24) is 25.6 Å². The van der Waals surface area contributed by atoms with Crippen LogP contribution >= 0.6 is 0 Å². The minimum atomic E-state index is -0.861. The molecule has 8 heteroatoms. The van der Waals surface area contributed by atoms with Crippen LogP contribution < -0.4 is 10.6 Å². The number of hydrogen-bond donors (Lipinski definition) is 2. The Morgan fingerprint density at radius 1 is 1.55 bits per heavy atom. The second kappa shape index (κ2) is 7.49. The van der Waals surface area contributed by atoms with Gasteiger partial charge in [0.05, 0.1) is 12.2 Å². The third-order valence-electron chi connectivity index (χ3n) is 3.36. The first-order valence-corrected chi connectivity index (χ1v) is 8.45. The van der Waals surface area contributed by atoms with E-state index in [2.05, 4.69) is 20.9 Å². The molecule has 2 N–H and O–H groups in total. The van der Waals surface area contributed by atoms with Gasteiger partial charge in [-0.05, 0) is 25.9 Å². The predicted molar refractivity (Wildman–Crippen MR) is 77.0 cm³/mol. The van der Waals surface area contributed by atoms with E-state index >= 15 is 0 Å². The lowest BCUT2D eigenvalue weighted by atomic mass is 10.1. The van der Waals surface area contributed by atoms with Crippen molar-refractivity contribution in [2.24, 2.45) is 0 Å². The summed E-state index contributed by atoms with van der Waals surface area (Å²) in [6.45, 7) is 4.20. The molecule has 0 bridgehead atoms. The monoisotopic (exact) mass is 299 g/mol. The molecule has 0 saturated carbocycles. The minimum absolute atomic E-state index is 0.252. The Hall–Kier alpha value is -1.28. The number of hydrogen-bond acceptors (Lipinski definition) is 5. The summed E-state index contributed by atoms with van der Waals surface area (Å²) in [5.41, 5.74) is 0.325. The van der Waals surface area contributed by atoms with Crippen LogP contribution in [0.4, 0.5) is 0 Å².